The zero-order chi connectivity index (χ0) is 13.4. The van der Waals surface area contributed by atoms with Gasteiger partial charge in [-0.25, -0.2) is 4.39 Å². The summed E-state index contributed by atoms with van der Waals surface area (Å²) in [5, 5.41) is 20.8. The summed E-state index contributed by atoms with van der Waals surface area (Å²) in [6.07, 6.45) is 2.81. The van der Waals surface area contributed by atoms with Crippen molar-refractivity contribution in [2.75, 3.05) is 18.5 Å². The summed E-state index contributed by atoms with van der Waals surface area (Å²) in [6, 6.07) is 6.14. The number of nitrogens with one attached hydrogen (secondary N) is 1. The van der Waals surface area contributed by atoms with Crippen LogP contribution in [-0.2, 0) is 0 Å². The summed E-state index contributed by atoms with van der Waals surface area (Å²) in [7, 11) is 0. The lowest BCUT2D eigenvalue weighted by atomic mass is 10.00. The fourth-order valence-electron chi connectivity index (χ4n) is 1.96. The summed E-state index contributed by atoms with van der Waals surface area (Å²) in [5.74, 6) is -0.0421. The van der Waals surface area contributed by atoms with Crippen LogP contribution in [0.2, 0.25) is 0 Å². The summed E-state index contributed by atoms with van der Waals surface area (Å²) in [4.78, 5) is 0. The second-order valence-corrected chi connectivity index (χ2v) is 4.39. The number of rotatable bonds is 7. The molecule has 0 fully saturated rings. The van der Waals surface area contributed by atoms with Crippen LogP contribution in [0.5, 0.6) is 0 Å². The van der Waals surface area contributed by atoms with Gasteiger partial charge < -0.3 is 10.4 Å². The average Bonchev–Trinajstić information content (AvgIpc) is 2.36. The molecular weight excluding hydrogens is 231 g/mol. The van der Waals surface area contributed by atoms with Gasteiger partial charge in [0, 0.05) is 18.8 Å². The first-order valence-electron chi connectivity index (χ1n) is 6.25. The second-order valence-electron chi connectivity index (χ2n) is 4.39. The molecule has 0 aliphatic carbocycles. The van der Waals surface area contributed by atoms with Gasteiger partial charge in [0.1, 0.15) is 5.82 Å². The first kappa shape index (κ1) is 14.5. The van der Waals surface area contributed by atoms with Gasteiger partial charge in [-0.05, 0) is 37.0 Å². The lowest BCUT2D eigenvalue weighted by Crippen LogP contribution is -2.15. The zero-order valence-electron chi connectivity index (χ0n) is 10.6. The minimum atomic E-state index is -0.411. The Hall–Kier alpha value is -1.60. The van der Waals surface area contributed by atoms with E-state index in [1.165, 1.54) is 12.1 Å². The molecule has 4 heteroatoms. The maximum atomic E-state index is 13.2. The van der Waals surface area contributed by atoms with Gasteiger partial charge >= 0.3 is 0 Å². The first-order chi connectivity index (χ1) is 8.69. The van der Waals surface area contributed by atoms with E-state index in [0.29, 0.717) is 23.7 Å². The van der Waals surface area contributed by atoms with Crippen LogP contribution in [0.25, 0.3) is 0 Å². The molecule has 0 saturated heterocycles. The van der Waals surface area contributed by atoms with E-state index in [9.17, 15) is 4.39 Å². The largest absolute Gasteiger partial charge is 0.396 e. The highest BCUT2D eigenvalue weighted by molar-refractivity contribution is 5.49. The molecule has 1 aromatic carbocycles. The molecule has 18 heavy (non-hydrogen) atoms. The summed E-state index contributed by atoms with van der Waals surface area (Å²) in [6.45, 7) is 2.95. The lowest BCUT2D eigenvalue weighted by molar-refractivity contribution is 0.255. The highest BCUT2D eigenvalue weighted by Gasteiger charge is 2.07. The topological polar surface area (TPSA) is 56.0 Å². The Kier molecular flexibility index (Phi) is 6.16. The number of nitriles is 1. The molecule has 0 heterocycles. The van der Waals surface area contributed by atoms with Crippen LogP contribution < -0.4 is 5.32 Å². The van der Waals surface area contributed by atoms with Gasteiger partial charge in [0.25, 0.3) is 0 Å². The fourth-order valence-corrected chi connectivity index (χ4v) is 1.96. The number of benzene rings is 1. The van der Waals surface area contributed by atoms with E-state index in [4.69, 9.17) is 10.4 Å². The predicted molar refractivity (Wildman–Crippen MR) is 69.7 cm³/mol. The molecule has 1 aromatic rings. The van der Waals surface area contributed by atoms with Gasteiger partial charge in [0.15, 0.2) is 0 Å². The summed E-state index contributed by atoms with van der Waals surface area (Å²) in [5.41, 5.74) is 0.928. The fraction of sp³-hybridized carbons (Fsp3) is 0.500. The van der Waals surface area contributed by atoms with E-state index < -0.39 is 5.82 Å². The van der Waals surface area contributed by atoms with Crippen molar-refractivity contribution in [3.63, 3.8) is 0 Å². The van der Waals surface area contributed by atoms with Crippen LogP contribution in [0.15, 0.2) is 18.2 Å². The van der Waals surface area contributed by atoms with E-state index in [1.54, 1.807) is 6.07 Å². The van der Waals surface area contributed by atoms with Crippen molar-refractivity contribution in [2.24, 2.45) is 5.92 Å². The monoisotopic (exact) mass is 250 g/mol. The van der Waals surface area contributed by atoms with Crippen molar-refractivity contribution in [3.8, 4) is 6.07 Å². The molecule has 2 N–H and O–H groups in total. The van der Waals surface area contributed by atoms with Gasteiger partial charge in [-0.3, -0.25) is 0 Å². The molecule has 0 amide bonds. The zero-order valence-corrected chi connectivity index (χ0v) is 10.6. The molecule has 0 aromatic heterocycles. The SMILES string of the molecule is CCCC(CCO)CNc1cc(F)cc(C#N)c1. The Morgan fingerprint density at radius 3 is 2.78 bits per heavy atom. The third-order valence-corrected chi connectivity index (χ3v) is 2.86. The van der Waals surface area contributed by atoms with Gasteiger partial charge in [0.2, 0.25) is 0 Å². The third-order valence-electron chi connectivity index (χ3n) is 2.86. The van der Waals surface area contributed by atoms with E-state index in [0.717, 1.165) is 19.3 Å². The van der Waals surface area contributed by atoms with Crippen molar-refractivity contribution >= 4 is 5.69 Å². The van der Waals surface area contributed by atoms with E-state index >= 15 is 0 Å². The quantitative estimate of drug-likeness (QED) is 0.782. The average molecular weight is 250 g/mol. The molecule has 3 nitrogen and oxygen atoms in total. The molecule has 0 aliphatic heterocycles. The Labute approximate surface area is 107 Å². The Morgan fingerprint density at radius 2 is 2.17 bits per heavy atom. The van der Waals surface area contributed by atoms with Gasteiger partial charge in [-0.2, -0.15) is 5.26 Å². The minimum absolute atomic E-state index is 0.166. The Morgan fingerprint density at radius 1 is 1.39 bits per heavy atom. The molecule has 1 rings (SSSR count). The predicted octanol–water partition coefficient (Wildman–Crippen LogP) is 2.91. The van der Waals surface area contributed by atoms with Crippen LogP contribution in [0, 0.1) is 23.1 Å². The first-order valence-corrected chi connectivity index (χ1v) is 6.25. The third kappa shape index (κ3) is 4.72. The van der Waals surface area contributed by atoms with Crippen molar-refractivity contribution in [3.05, 3.63) is 29.6 Å². The number of hydrogen-bond donors (Lipinski definition) is 2. The standard InChI is InChI=1S/C14H19FN2O/c1-2-3-11(4-5-18)10-17-14-7-12(9-16)6-13(15)8-14/h6-8,11,17-18H,2-5,10H2,1H3. The molecule has 0 spiro atoms. The van der Waals surface area contributed by atoms with Crippen LogP contribution in [0.3, 0.4) is 0 Å². The van der Waals surface area contributed by atoms with Crippen LogP contribution in [0.1, 0.15) is 31.7 Å². The second kappa shape index (κ2) is 7.67. The van der Waals surface area contributed by atoms with Crippen LogP contribution in [0.4, 0.5) is 10.1 Å². The maximum Gasteiger partial charge on any atom is 0.126 e. The Bertz CT molecular complexity index is 409. The van der Waals surface area contributed by atoms with Crippen molar-refractivity contribution in [1.82, 2.24) is 0 Å². The normalized spacial score (nSPS) is 11.9. The van der Waals surface area contributed by atoms with Crippen LogP contribution in [-0.4, -0.2) is 18.3 Å². The van der Waals surface area contributed by atoms with Gasteiger partial charge in [-0.15, -0.1) is 0 Å². The lowest BCUT2D eigenvalue weighted by Gasteiger charge is -2.16. The molecule has 0 saturated carbocycles. The summed E-state index contributed by atoms with van der Waals surface area (Å²) >= 11 is 0. The molecule has 0 aliphatic rings. The summed E-state index contributed by atoms with van der Waals surface area (Å²) < 4.78 is 13.2. The number of nitrogens with zero attached hydrogens (tertiary/aromatic N) is 1. The van der Waals surface area contributed by atoms with Gasteiger partial charge in [-0.1, -0.05) is 13.3 Å². The number of hydrogen-bond acceptors (Lipinski definition) is 3. The molecule has 0 bridgehead atoms. The van der Waals surface area contributed by atoms with Crippen molar-refractivity contribution in [1.29, 1.82) is 5.26 Å². The molecular formula is C14H19FN2O. The molecule has 1 atom stereocenters. The highest BCUT2D eigenvalue weighted by atomic mass is 19.1. The Balaban J connectivity index is 2.61. The number of aliphatic hydroxyl groups excluding tert-OH is 1. The van der Waals surface area contributed by atoms with Crippen LogP contribution >= 0.6 is 0 Å². The van der Waals surface area contributed by atoms with Crippen molar-refractivity contribution < 1.29 is 9.50 Å². The number of aliphatic hydroxyl groups is 1. The molecule has 98 valence electrons. The van der Waals surface area contributed by atoms with Gasteiger partial charge in [0.05, 0.1) is 11.6 Å². The van der Waals surface area contributed by atoms with Crippen molar-refractivity contribution in [2.45, 2.75) is 26.2 Å². The highest BCUT2D eigenvalue weighted by Crippen LogP contribution is 2.16. The molecule has 1 unspecified atom stereocenters. The maximum absolute atomic E-state index is 13.2. The number of anilines is 1. The number of halogens is 1. The van der Waals surface area contributed by atoms with E-state index in [-0.39, 0.29) is 6.61 Å². The molecule has 0 radical (unpaired) electrons. The van der Waals surface area contributed by atoms with E-state index in [1.807, 2.05) is 6.07 Å². The smallest absolute Gasteiger partial charge is 0.126 e. The minimum Gasteiger partial charge on any atom is -0.396 e. The van der Waals surface area contributed by atoms with E-state index in [2.05, 4.69) is 12.2 Å².